The highest BCUT2D eigenvalue weighted by Crippen LogP contribution is 2.37. The lowest BCUT2D eigenvalue weighted by Crippen LogP contribution is -2.49. The van der Waals surface area contributed by atoms with Crippen molar-refractivity contribution < 1.29 is 14.0 Å². The van der Waals surface area contributed by atoms with E-state index < -0.39 is 7.12 Å². The minimum absolute atomic E-state index is 0.350. The van der Waals surface area contributed by atoms with Crippen LogP contribution in [0.3, 0.4) is 0 Å². The van der Waals surface area contributed by atoms with Crippen molar-refractivity contribution in [3.05, 3.63) is 23.8 Å². The topological polar surface area (TPSA) is 34.2 Å². The van der Waals surface area contributed by atoms with Crippen LogP contribution in [0.2, 0.25) is 0 Å². The number of hydrogen-bond donors (Lipinski definition) is 0. The van der Waals surface area contributed by atoms with Crippen molar-refractivity contribution in [2.24, 2.45) is 0 Å². The van der Waals surface area contributed by atoms with Gasteiger partial charge in [-0.3, -0.25) is 9.80 Å². The third kappa shape index (κ3) is 3.65. The highest BCUT2D eigenvalue weighted by molar-refractivity contribution is 6.63. The van der Waals surface area contributed by atoms with E-state index in [-0.39, 0.29) is 11.2 Å². The van der Waals surface area contributed by atoms with Crippen molar-refractivity contribution in [3.8, 4) is 5.75 Å². The molecule has 1 aromatic carbocycles. The van der Waals surface area contributed by atoms with Crippen molar-refractivity contribution in [2.75, 3.05) is 33.3 Å². The number of ether oxygens (including phenoxy) is 1. The lowest BCUT2D eigenvalue weighted by molar-refractivity contribution is 0.00578. The van der Waals surface area contributed by atoms with Gasteiger partial charge in [0.05, 0.1) is 18.3 Å². The molecule has 0 spiro atoms. The second-order valence-electron chi connectivity index (χ2n) is 9.23. The quantitative estimate of drug-likeness (QED) is 0.758. The molecule has 5 nitrogen and oxygen atoms in total. The Morgan fingerprint density at radius 3 is 2.56 bits per heavy atom. The lowest BCUT2D eigenvalue weighted by atomic mass is 9.77. The molecule has 1 unspecified atom stereocenters. The molecule has 0 saturated carbocycles. The number of benzene rings is 1. The third-order valence-electron chi connectivity index (χ3n) is 6.88. The van der Waals surface area contributed by atoms with Crippen molar-refractivity contribution in [2.45, 2.75) is 64.3 Å². The molecular formula is C21H33BN2O3. The van der Waals surface area contributed by atoms with E-state index in [1.165, 1.54) is 38.0 Å². The van der Waals surface area contributed by atoms with Crippen LogP contribution in [0.5, 0.6) is 5.75 Å². The maximum absolute atomic E-state index is 6.27. The van der Waals surface area contributed by atoms with Gasteiger partial charge in [0.15, 0.2) is 0 Å². The molecule has 0 bridgehead atoms. The fourth-order valence-electron chi connectivity index (χ4n) is 4.49. The summed E-state index contributed by atoms with van der Waals surface area (Å²) in [4.78, 5) is 5.24. The Morgan fingerprint density at radius 2 is 1.85 bits per heavy atom. The fourth-order valence-corrected chi connectivity index (χ4v) is 4.49. The second-order valence-corrected chi connectivity index (χ2v) is 9.23. The van der Waals surface area contributed by atoms with Crippen molar-refractivity contribution in [1.29, 1.82) is 0 Å². The third-order valence-corrected chi connectivity index (χ3v) is 6.88. The average Bonchev–Trinajstić information content (AvgIpc) is 3.16. The number of methoxy groups -OCH3 is 1. The number of hydrogen-bond acceptors (Lipinski definition) is 5. The molecule has 0 aliphatic carbocycles. The van der Waals surface area contributed by atoms with Crippen LogP contribution in [0.1, 0.15) is 46.1 Å². The summed E-state index contributed by atoms with van der Waals surface area (Å²) in [6.07, 6.45) is 2.70. The minimum Gasteiger partial charge on any atom is -0.497 e. The molecule has 0 aromatic heterocycles. The zero-order valence-corrected chi connectivity index (χ0v) is 17.5. The van der Waals surface area contributed by atoms with E-state index in [0.29, 0.717) is 0 Å². The van der Waals surface area contributed by atoms with Crippen LogP contribution in [0.25, 0.3) is 0 Å². The van der Waals surface area contributed by atoms with Crippen molar-refractivity contribution in [3.63, 3.8) is 0 Å². The van der Waals surface area contributed by atoms with Gasteiger partial charge in [0.1, 0.15) is 5.75 Å². The van der Waals surface area contributed by atoms with E-state index in [2.05, 4.69) is 55.7 Å². The van der Waals surface area contributed by atoms with Gasteiger partial charge in [-0.05, 0) is 58.7 Å². The van der Waals surface area contributed by atoms with Gasteiger partial charge in [0.2, 0.25) is 0 Å². The number of piperazine rings is 1. The van der Waals surface area contributed by atoms with Crippen LogP contribution in [0.15, 0.2) is 18.2 Å². The summed E-state index contributed by atoms with van der Waals surface area (Å²) in [6, 6.07) is 7.19. The SMILES string of the molecule is COc1ccc(CN2CCN3CCCC3C2)cc1B1OC(C)(C)C(C)(C)O1. The van der Waals surface area contributed by atoms with E-state index in [1.54, 1.807) is 7.11 Å². The number of fused-ring (bicyclic) bond motifs is 1. The average molecular weight is 372 g/mol. The van der Waals surface area contributed by atoms with E-state index in [4.69, 9.17) is 14.0 Å². The largest absolute Gasteiger partial charge is 0.498 e. The summed E-state index contributed by atoms with van der Waals surface area (Å²) in [7, 11) is 1.32. The molecule has 1 atom stereocenters. The van der Waals surface area contributed by atoms with Gasteiger partial charge in [-0.15, -0.1) is 0 Å². The van der Waals surface area contributed by atoms with Gasteiger partial charge in [-0.25, -0.2) is 0 Å². The summed E-state index contributed by atoms with van der Waals surface area (Å²) in [5, 5.41) is 0. The summed E-state index contributed by atoms with van der Waals surface area (Å²) < 4.78 is 18.2. The first-order valence-electron chi connectivity index (χ1n) is 10.3. The maximum atomic E-state index is 6.27. The first kappa shape index (κ1) is 19.3. The molecule has 3 aliphatic heterocycles. The van der Waals surface area contributed by atoms with Gasteiger partial charge in [0, 0.05) is 37.7 Å². The van der Waals surface area contributed by atoms with E-state index in [0.717, 1.165) is 30.3 Å². The van der Waals surface area contributed by atoms with Gasteiger partial charge in [0.25, 0.3) is 0 Å². The zero-order valence-electron chi connectivity index (χ0n) is 17.5. The first-order chi connectivity index (χ1) is 12.8. The molecular weight excluding hydrogens is 339 g/mol. The Labute approximate surface area is 164 Å². The molecule has 4 rings (SSSR count). The van der Waals surface area contributed by atoms with E-state index in [9.17, 15) is 0 Å². The Hall–Kier alpha value is -1.08. The predicted molar refractivity (Wildman–Crippen MR) is 109 cm³/mol. The summed E-state index contributed by atoms with van der Waals surface area (Å²) >= 11 is 0. The molecule has 0 N–H and O–H groups in total. The van der Waals surface area contributed by atoms with Crippen LogP contribution in [0.4, 0.5) is 0 Å². The van der Waals surface area contributed by atoms with Crippen LogP contribution in [-0.2, 0) is 15.9 Å². The molecule has 1 aromatic rings. The van der Waals surface area contributed by atoms with E-state index in [1.807, 2.05) is 0 Å². The zero-order chi connectivity index (χ0) is 19.2. The number of rotatable bonds is 4. The first-order valence-corrected chi connectivity index (χ1v) is 10.3. The van der Waals surface area contributed by atoms with Gasteiger partial charge in [-0.1, -0.05) is 12.1 Å². The van der Waals surface area contributed by atoms with Crippen LogP contribution < -0.4 is 10.2 Å². The van der Waals surface area contributed by atoms with Crippen molar-refractivity contribution in [1.82, 2.24) is 9.80 Å². The molecule has 3 heterocycles. The molecule has 148 valence electrons. The highest BCUT2D eigenvalue weighted by Gasteiger charge is 2.52. The van der Waals surface area contributed by atoms with Crippen LogP contribution in [-0.4, -0.2) is 67.5 Å². The molecule has 3 fully saturated rings. The molecule has 6 heteroatoms. The van der Waals surface area contributed by atoms with Gasteiger partial charge < -0.3 is 14.0 Å². The highest BCUT2D eigenvalue weighted by atomic mass is 16.7. The smallest absolute Gasteiger partial charge is 0.497 e. The minimum atomic E-state index is -0.392. The van der Waals surface area contributed by atoms with Gasteiger partial charge >= 0.3 is 7.12 Å². The molecule has 0 amide bonds. The normalized spacial score (nSPS) is 27.7. The summed E-state index contributed by atoms with van der Waals surface area (Å²) in [5.41, 5.74) is 1.59. The standard InChI is InChI=1S/C21H33BN2O3/c1-20(2)21(3,4)27-22(26-20)18-13-16(8-9-19(18)25-5)14-23-11-12-24-10-6-7-17(24)15-23/h8-9,13,17H,6-7,10-12,14-15H2,1-5H3. The lowest BCUT2D eigenvalue weighted by Gasteiger charge is -2.37. The van der Waals surface area contributed by atoms with Crippen molar-refractivity contribution >= 4 is 12.6 Å². The monoisotopic (exact) mass is 372 g/mol. The Kier molecular flexibility index (Phi) is 5.04. The predicted octanol–water partition coefficient (Wildman–Crippen LogP) is 2.27. The second kappa shape index (κ2) is 7.07. The number of nitrogens with zero attached hydrogens (tertiary/aromatic N) is 2. The molecule has 27 heavy (non-hydrogen) atoms. The molecule has 0 radical (unpaired) electrons. The van der Waals surface area contributed by atoms with E-state index >= 15 is 0 Å². The van der Waals surface area contributed by atoms with Crippen LogP contribution in [0, 0.1) is 0 Å². The van der Waals surface area contributed by atoms with Crippen LogP contribution >= 0.6 is 0 Å². The Bertz CT molecular complexity index is 678. The summed E-state index contributed by atoms with van der Waals surface area (Å²) in [6.45, 7) is 14.1. The maximum Gasteiger partial charge on any atom is 0.498 e. The fraction of sp³-hybridized carbons (Fsp3) is 0.714. The molecule has 3 saturated heterocycles. The van der Waals surface area contributed by atoms with Gasteiger partial charge in [-0.2, -0.15) is 0 Å². The Morgan fingerprint density at radius 1 is 1.11 bits per heavy atom. The Balaban J connectivity index is 1.51. The summed E-state index contributed by atoms with van der Waals surface area (Å²) in [5.74, 6) is 0.831. The molecule has 3 aliphatic rings.